The van der Waals surface area contributed by atoms with Crippen LogP contribution in [-0.2, 0) is 38.1 Å². The first-order chi connectivity index (χ1) is 10.5. The van der Waals surface area contributed by atoms with Crippen molar-refractivity contribution in [3.8, 4) is 0 Å². The monoisotopic (exact) mass is 316 g/mol. The minimum absolute atomic E-state index is 0.147. The van der Waals surface area contributed by atoms with Crippen LogP contribution in [0.5, 0.6) is 0 Å². The molecule has 0 aromatic carbocycles. The third-order valence-corrected chi connectivity index (χ3v) is 2.29. The molecule has 8 nitrogen and oxygen atoms in total. The van der Waals surface area contributed by atoms with Crippen molar-refractivity contribution in [2.24, 2.45) is 0 Å². The molecule has 0 N–H and O–H groups in total. The Labute approximate surface area is 128 Å². The second-order valence-corrected chi connectivity index (χ2v) is 4.00. The Bertz CT molecular complexity index is 375. The van der Waals surface area contributed by atoms with Gasteiger partial charge in [-0.05, 0) is 12.8 Å². The zero-order valence-electron chi connectivity index (χ0n) is 12.7. The van der Waals surface area contributed by atoms with Crippen LogP contribution >= 0.6 is 0 Å². The SMILES string of the molecule is COC(=O)CC(=O)OCC/C=C/CCOC(=O)CC(=O)OC. The van der Waals surface area contributed by atoms with Crippen molar-refractivity contribution < 1.29 is 38.1 Å². The Hall–Kier alpha value is -2.38. The van der Waals surface area contributed by atoms with Gasteiger partial charge in [-0.15, -0.1) is 0 Å². The van der Waals surface area contributed by atoms with Crippen molar-refractivity contribution in [2.45, 2.75) is 25.7 Å². The molecular formula is C14H20O8. The van der Waals surface area contributed by atoms with E-state index in [9.17, 15) is 19.2 Å². The van der Waals surface area contributed by atoms with Crippen LogP contribution in [0, 0.1) is 0 Å². The molecule has 0 amide bonds. The summed E-state index contributed by atoms with van der Waals surface area (Å²) < 4.78 is 18.2. The highest BCUT2D eigenvalue weighted by molar-refractivity contribution is 5.91. The predicted molar refractivity (Wildman–Crippen MR) is 73.6 cm³/mol. The van der Waals surface area contributed by atoms with Crippen LogP contribution in [0.15, 0.2) is 12.2 Å². The molecule has 0 aliphatic rings. The molecule has 0 rings (SSSR count). The molecule has 0 heterocycles. The first-order valence-electron chi connectivity index (χ1n) is 6.59. The maximum atomic E-state index is 11.1. The van der Waals surface area contributed by atoms with Gasteiger partial charge in [-0.25, -0.2) is 0 Å². The quantitative estimate of drug-likeness (QED) is 0.189. The first kappa shape index (κ1) is 19.6. The molecule has 0 unspecified atom stereocenters. The van der Waals surface area contributed by atoms with Crippen molar-refractivity contribution >= 4 is 23.9 Å². The zero-order chi connectivity index (χ0) is 16.8. The molecule has 0 aliphatic heterocycles. The lowest BCUT2D eigenvalue weighted by Gasteiger charge is -2.02. The van der Waals surface area contributed by atoms with Gasteiger partial charge in [0.05, 0.1) is 27.4 Å². The topological polar surface area (TPSA) is 105 Å². The van der Waals surface area contributed by atoms with Gasteiger partial charge in [0, 0.05) is 0 Å². The maximum absolute atomic E-state index is 11.1. The van der Waals surface area contributed by atoms with Gasteiger partial charge in [0.25, 0.3) is 0 Å². The summed E-state index contributed by atoms with van der Waals surface area (Å²) >= 11 is 0. The molecule has 0 saturated carbocycles. The average molecular weight is 316 g/mol. The second-order valence-electron chi connectivity index (χ2n) is 4.00. The number of hydrogen-bond acceptors (Lipinski definition) is 8. The summed E-state index contributed by atoms with van der Waals surface area (Å²) in [5.74, 6) is -2.57. The van der Waals surface area contributed by atoms with Gasteiger partial charge in [-0.2, -0.15) is 0 Å². The summed E-state index contributed by atoms with van der Waals surface area (Å²) in [6.07, 6.45) is 3.64. The van der Waals surface area contributed by atoms with Crippen LogP contribution in [0.1, 0.15) is 25.7 Å². The van der Waals surface area contributed by atoms with E-state index in [1.807, 2.05) is 0 Å². The molecule has 0 fully saturated rings. The van der Waals surface area contributed by atoms with Crippen LogP contribution in [0.4, 0.5) is 0 Å². The van der Waals surface area contributed by atoms with E-state index in [0.29, 0.717) is 12.8 Å². The van der Waals surface area contributed by atoms with Crippen LogP contribution in [-0.4, -0.2) is 51.3 Å². The fraction of sp³-hybridized carbons (Fsp3) is 0.571. The summed E-state index contributed by atoms with van der Waals surface area (Å²) in [5.41, 5.74) is 0. The van der Waals surface area contributed by atoms with E-state index in [1.54, 1.807) is 12.2 Å². The normalized spacial score (nSPS) is 10.1. The number of ether oxygens (including phenoxy) is 4. The lowest BCUT2D eigenvalue weighted by molar-refractivity contribution is -0.154. The molecule has 0 spiro atoms. The van der Waals surface area contributed by atoms with Crippen LogP contribution in [0.3, 0.4) is 0 Å². The molecule has 22 heavy (non-hydrogen) atoms. The lowest BCUT2D eigenvalue weighted by Crippen LogP contribution is -2.13. The van der Waals surface area contributed by atoms with Crippen molar-refractivity contribution in [2.75, 3.05) is 27.4 Å². The molecule has 0 aromatic heterocycles. The summed E-state index contributed by atoms with van der Waals surface area (Å²) in [4.78, 5) is 43.7. The van der Waals surface area contributed by atoms with Gasteiger partial charge < -0.3 is 18.9 Å². The summed E-state index contributed by atoms with van der Waals surface area (Å²) in [5, 5.41) is 0. The average Bonchev–Trinajstić information content (AvgIpc) is 2.49. The van der Waals surface area contributed by atoms with Crippen molar-refractivity contribution in [3.63, 3.8) is 0 Å². The van der Waals surface area contributed by atoms with Crippen molar-refractivity contribution in [1.29, 1.82) is 0 Å². The van der Waals surface area contributed by atoms with Crippen molar-refractivity contribution in [3.05, 3.63) is 12.2 Å². The van der Waals surface area contributed by atoms with Gasteiger partial charge >= 0.3 is 23.9 Å². The van der Waals surface area contributed by atoms with E-state index in [0.717, 1.165) is 0 Å². The van der Waals surface area contributed by atoms with E-state index in [2.05, 4.69) is 9.47 Å². The molecule has 0 radical (unpaired) electrons. The van der Waals surface area contributed by atoms with Crippen LogP contribution in [0.2, 0.25) is 0 Å². The van der Waals surface area contributed by atoms with Gasteiger partial charge in [0.1, 0.15) is 12.8 Å². The Morgan fingerprint density at radius 1 is 0.682 bits per heavy atom. The largest absolute Gasteiger partial charge is 0.469 e. The number of rotatable bonds is 10. The predicted octanol–water partition coefficient (Wildman–Crippen LogP) is 0.535. The molecule has 0 aliphatic carbocycles. The summed E-state index contributed by atoms with van der Waals surface area (Å²) in [6.45, 7) is 0.295. The highest BCUT2D eigenvalue weighted by Gasteiger charge is 2.10. The van der Waals surface area contributed by atoms with E-state index in [-0.39, 0.29) is 13.2 Å². The zero-order valence-corrected chi connectivity index (χ0v) is 12.7. The number of esters is 4. The minimum atomic E-state index is -0.644. The van der Waals surface area contributed by atoms with Gasteiger partial charge in [-0.3, -0.25) is 19.2 Å². The van der Waals surface area contributed by atoms with Crippen LogP contribution < -0.4 is 0 Å². The smallest absolute Gasteiger partial charge is 0.317 e. The third-order valence-electron chi connectivity index (χ3n) is 2.29. The number of carbonyl (C=O) groups excluding carboxylic acids is 4. The molecule has 0 aromatic rings. The molecule has 8 heteroatoms. The fourth-order valence-corrected chi connectivity index (χ4v) is 1.20. The highest BCUT2D eigenvalue weighted by Crippen LogP contribution is 1.95. The number of carbonyl (C=O) groups is 4. The Kier molecular flexibility index (Phi) is 11.0. The van der Waals surface area contributed by atoms with Crippen molar-refractivity contribution in [1.82, 2.24) is 0 Å². The van der Waals surface area contributed by atoms with Gasteiger partial charge in [0.2, 0.25) is 0 Å². The fourth-order valence-electron chi connectivity index (χ4n) is 1.20. The molecule has 0 atom stereocenters. The summed E-state index contributed by atoms with van der Waals surface area (Å²) in [7, 11) is 2.38. The lowest BCUT2D eigenvalue weighted by atomic mass is 10.3. The first-order valence-corrected chi connectivity index (χ1v) is 6.59. The van der Waals surface area contributed by atoms with Crippen LogP contribution in [0.25, 0.3) is 0 Å². The van der Waals surface area contributed by atoms with E-state index in [1.165, 1.54) is 14.2 Å². The maximum Gasteiger partial charge on any atom is 0.317 e. The van der Waals surface area contributed by atoms with E-state index >= 15 is 0 Å². The Morgan fingerprint density at radius 2 is 1.05 bits per heavy atom. The van der Waals surface area contributed by atoms with E-state index in [4.69, 9.17) is 9.47 Å². The van der Waals surface area contributed by atoms with Gasteiger partial charge in [-0.1, -0.05) is 12.2 Å². The Balaban J connectivity index is 3.56. The number of hydrogen-bond donors (Lipinski definition) is 0. The minimum Gasteiger partial charge on any atom is -0.469 e. The molecule has 124 valence electrons. The van der Waals surface area contributed by atoms with E-state index < -0.39 is 36.7 Å². The highest BCUT2D eigenvalue weighted by atomic mass is 16.6. The third kappa shape index (κ3) is 11.4. The standard InChI is InChI=1S/C14H20O8/c1-19-11(15)9-13(17)21-7-5-3-4-6-8-22-14(18)10-12(16)20-2/h3-4H,5-10H2,1-2H3/b4-3+. The molecule has 0 bridgehead atoms. The summed E-state index contributed by atoms with van der Waals surface area (Å²) in [6, 6.07) is 0. The molecular weight excluding hydrogens is 296 g/mol. The molecule has 0 saturated heterocycles. The Morgan fingerprint density at radius 3 is 1.36 bits per heavy atom. The van der Waals surface area contributed by atoms with Gasteiger partial charge in [0.15, 0.2) is 0 Å². The second kappa shape index (κ2) is 12.4. The number of methoxy groups -OCH3 is 2.